The summed E-state index contributed by atoms with van der Waals surface area (Å²) in [5.41, 5.74) is 1.02. The predicted octanol–water partition coefficient (Wildman–Crippen LogP) is -1.56. The smallest absolute Gasteiger partial charge is 0.294 e. The molecular weight excluding hydrogens is 332 g/mol. The van der Waals surface area contributed by atoms with Gasteiger partial charge in [0.05, 0.1) is 0 Å². The molecule has 11 nitrogen and oxygen atoms in total. The molecule has 0 aliphatic rings. The van der Waals surface area contributed by atoms with Gasteiger partial charge in [0.25, 0.3) is 16.0 Å². The van der Waals surface area contributed by atoms with Gasteiger partial charge in [-0.1, -0.05) is 0 Å². The number of amides is 1. The molecule has 0 aromatic heterocycles. The molecule has 23 heavy (non-hydrogen) atoms. The Morgan fingerprint density at radius 3 is 2.39 bits per heavy atom. The normalized spacial score (nSPS) is 13.3. The molecule has 1 aromatic rings. The van der Waals surface area contributed by atoms with Gasteiger partial charge in [-0.15, -0.1) is 0 Å². The van der Waals surface area contributed by atoms with Gasteiger partial charge in [-0.25, -0.2) is 5.21 Å². The molecule has 0 aliphatic heterocycles. The van der Waals surface area contributed by atoms with Crippen molar-refractivity contribution in [3.8, 4) is 0 Å². The van der Waals surface area contributed by atoms with Crippen molar-refractivity contribution in [2.45, 2.75) is 11.8 Å². The van der Waals surface area contributed by atoms with Crippen LogP contribution in [0.25, 0.3) is 0 Å². The van der Waals surface area contributed by atoms with Crippen molar-refractivity contribution < 1.29 is 33.0 Å². The van der Waals surface area contributed by atoms with Gasteiger partial charge in [0, 0.05) is 20.0 Å². The number of nitrogens with zero attached hydrogens (tertiary/aromatic N) is 1. The van der Waals surface area contributed by atoms with E-state index in [0.29, 0.717) is 6.07 Å². The lowest BCUT2D eigenvalue weighted by atomic mass is 10.2. The number of nitrogens with one attached hydrogen (secondary N) is 3. The zero-order valence-electron chi connectivity index (χ0n) is 12.0. The molecule has 1 aromatic carbocycles. The average molecular weight is 346 g/mol. The van der Waals surface area contributed by atoms with E-state index < -0.39 is 43.3 Å². The predicted molar refractivity (Wildman–Crippen MR) is 77.8 cm³/mol. The van der Waals surface area contributed by atoms with Gasteiger partial charge < -0.3 is 10.5 Å². The van der Waals surface area contributed by atoms with Crippen molar-refractivity contribution in [3.63, 3.8) is 0 Å². The minimum atomic E-state index is -4.58. The Morgan fingerprint density at radius 2 is 1.96 bits per heavy atom. The van der Waals surface area contributed by atoms with E-state index in [0.717, 1.165) is 19.1 Å². The monoisotopic (exact) mass is 346 g/mol. The lowest BCUT2D eigenvalue weighted by molar-refractivity contribution is -0.990. The molecule has 0 heterocycles. The highest BCUT2D eigenvalue weighted by molar-refractivity contribution is 7.85. The van der Waals surface area contributed by atoms with E-state index in [1.54, 1.807) is 0 Å². The fourth-order valence-corrected chi connectivity index (χ4v) is 1.99. The summed E-state index contributed by atoms with van der Waals surface area (Å²) >= 11 is 0. The summed E-state index contributed by atoms with van der Waals surface area (Å²) in [6.45, 7) is 1.09. The zero-order chi connectivity index (χ0) is 17.8. The van der Waals surface area contributed by atoms with Crippen LogP contribution < -0.4 is 16.0 Å². The largest absolute Gasteiger partial charge is 0.595 e. The summed E-state index contributed by atoms with van der Waals surface area (Å²) < 4.78 is 31.0. The van der Waals surface area contributed by atoms with E-state index in [4.69, 9.17) is 9.76 Å². The highest BCUT2D eigenvalue weighted by Crippen LogP contribution is 2.22. The summed E-state index contributed by atoms with van der Waals surface area (Å²) in [5, 5.41) is 24.4. The lowest BCUT2D eigenvalue weighted by Crippen LogP contribution is -2.99. The summed E-state index contributed by atoms with van der Waals surface area (Å²) in [6, 6.07) is 2.67. The van der Waals surface area contributed by atoms with Crippen LogP contribution in [-0.4, -0.2) is 42.6 Å². The lowest BCUT2D eigenvalue weighted by Gasteiger charge is -2.16. The number of hydrazone groups is 1. The van der Waals surface area contributed by atoms with Crippen LogP contribution in [0, 0.1) is 5.21 Å². The van der Waals surface area contributed by atoms with Gasteiger partial charge >= 0.3 is 0 Å². The van der Waals surface area contributed by atoms with Crippen molar-refractivity contribution in [1.82, 2.24) is 5.32 Å². The fraction of sp³-hybridized carbons (Fsp3) is 0.182. The van der Waals surface area contributed by atoms with Gasteiger partial charge in [0.1, 0.15) is 10.6 Å². The summed E-state index contributed by atoms with van der Waals surface area (Å²) in [5.74, 6) is -1.44. The zero-order valence-corrected chi connectivity index (χ0v) is 12.8. The number of hydrogen-bond acceptors (Lipinski definition) is 8. The summed E-state index contributed by atoms with van der Waals surface area (Å²) in [4.78, 5) is 22.1. The Morgan fingerprint density at radius 1 is 1.35 bits per heavy atom. The van der Waals surface area contributed by atoms with E-state index in [1.807, 2.05) is 0 Å². The van der Waals surface area contributed by atoms with Crippen molar-refractivity contribution in [2.75, 3.05) is 12.5 Å². The van der Waals surface area contributed by atoms with Gasteiger partial charge in [0.2, 0.25) is 0 Å². The number of ketones is 1. The summed E-state index contributed by atoms with van der Waals surface area (Å²) in [6.07, 6.45) is 0. The molecule has 0 spiro atoms. The molecule has 1 rings (SSSR count). The molecular formula is C11H14N4O7S. The summed E-state index contributed by atoms with van der Waals surface area (Å²) in [7, 11) is -3.30. The second-order valence-corrected chi connectivity index (χ2v) is 5.62. The van der Waals surface area contributed by atoms with Gasteiger partial charge in [0.15, 0.2) is 17.2 Å². The molecule has 0 saturated heterocycles. The molecule has 12 heteroatoms. The first-order valence-electron chi connectivity index (χ1n) is 5.99. The van der Waals surface area contributed by atoms with Crippen LogP contribution in [0.2, 0.25) is 0 Å². The number of anilines is 1. The minimum absolute atomic E-state index is 0.174. The topological polar surface area (TPSA) is 173 Å². The molecule has 0 bridgehead atoms. The molecule has 0 radical (unpaired) electrons. The third-order valence-electron chi connectivity index (χ3n) is 2.58. The second-order valence-electron chi connectivity index (χ2n) is 4.20. The minimum Gasteiger partial charge on any atom is -0.595 e. The molecule has 0 fully saturated rings. The number of benzene rings is 1. The van der Waals surface area contributed by atoms with Crippen LogP contribution in [0.15, 0.2) is 28.2 Å². The maximum absolute atomic E-state index is 11.4. The van der Waals surface area contributed by atoms with Crippen molar-refractivity contribution >= 4 is 38.9 Å². The molecule has 1 amide bonds. The number of quaternary nitrogens is 1. The Balaban J connectivity index is 3.28. The standard InChI is InChI=1S/C11H14N4O7S/c1-6(16)10(11(17)12-2)14-13-8-4-3-7(23(20,21)22)5-9(8)15(18)19/h3-5,13,15,18H,1-2H3,(H,12,17)(H,20,21,22)/b14-10-. The number of carbonyl (C=O) groups is 2. The van der Waals surface area contributed by atoms with E-state index >= 15 is 0 Å². The second kappa shape index (κ2) is 7.26. The van der Waals surface area contributed by atoms with Crippen LogP contribution in [0.5, 0.6) is 0 Å². The van der Waals surface area contributed by atoms with Crippen LogP contribution in [0.3, 0.4) is 0 Å². The first-order valence-corrected chi connectivity index (χ1v) is 7.43. The van der Waals surface area contributed by atoms with Crippen LogP contribution in [0.1, 0.15) is 6.92 Å². The maximum atomic E-state index is 11.4. The van der Waals surface area contributed by atoms with E-state index in [9.17, 15) is 23.2 Å². The van der Waals surface area contributed by atoms with Crippen LogP contribution >= 0.6 is 0 Å². The van der Waals surface area contributed by atoms with Gasteiger partial charge in [-0.05, 0) is 12.1 Å². The molecule has 126 valence electrons. The Labute approximate surface area is 130 Å². The van der Waals surface area contributed by atoms with E-state index in [-0.39, 0.29) is 5.69 Å². The van der Waals surface area contributed by atoms with Gasteiger partial charge in [-0.2, -0.15) is 18.7 Å². The number of rotatable bonds is 6. The number of hydrogen-bond donors (Lipinski definition) is 5. The molecule has 0 aliphatic carbocycles. The third kappa shape index (κ3) is 4.80. The first-order chi connectivity index (χ1) is 10.6. The number of Topliss-reactive ketones (excluding diaryl/α,β-unsaturated/α-hetero) is 1. The van der Waals surface area contributed by atoms with E-state index in [2.05, 4.69) is 15.8 Å². The molecule has 0 saturated carbocycles. The van der Waals surface area contributed by atoms with Gasteiger partial charge in [-0.3, -0.25) is 19.6 Å². The quantitative estimate of drug-likeness (QED) is 0.178. The van der Waals surface area contributed by atoms with Crippen LogP contribution in [-0.2, 0) is 19.7 Å². The highest BCUT2D eigenvalue weighted by Gasteiger charge is 2.19. The van der Waals surface area contributed by atoms with E-state index in [1.165, 1.54) is 7.05 Å². The highest BCUT2D eigenvalue weighted by atomic mass is 32.2. The third-order valence-corrected chi connectivity index (χ3v) is 3.43. The Hall–Kier alpha value is -2.38. The SMILES string of the molecule is CNC(=O)/C(=N\Nc1ccc(S(=O)(=O)O)cc1[NH+]([O-])O)C(C)=O. The molecule has 1 atom stereocenters. The van der Waals surface area contributed by atoms with Crippen molar-refractivity contribution in [2.24, 2.45) is 5.10 Å². The maximum Gasteiger partial charge on any atom is 0.294 e. The average Bonchev–Trinajstić information content (AvgIpc) is 2.45. The fourth-order valence-electron chi connectivity index (χ4n) is 1.48. The Bertz CT molecular complexity index is 758. The van der Waals surface area contributed by atoms with Crippen LogP contribution in [0.4, 0.5) is 11.4 Å². The van der Waals surface area contributed by atoms with Crippen molar-refractivity contribution in [3.05, 3.63) is 23.4 Å². The first kappa shape index (κ1) is 18.7. The molecule has 1 unspecified atom stereocenters. The number of carbonyl (C=O) groups excluding carboxylic acids is 2. The Kier molecular flexibility index (Phi) is 5.89. The van der Waals surface area contributed by atoms with Crippen molar-refractivity contribution in [1.29, 1.82) is 0 Å². The molecule has 5 N–H and O–H groups in total.